The minimum absolute atomic E-state index is 0.0675. The van der Waals surface area contributed by atoms with Crippen molar-refractivity contribution in [2.45, 2.75) is 64.4 Å². The molecule has 3 rings (SSSR count). The number of allylic oxidation sites excluding steroid dienone is 1. The van der Waals surface area contributed by atoms with E-state index in [2.05, 4.69) is 13.5 Å². The Labute approximate surface area is 242 Å². The summed E-state index contributed by atoms with van der Waals surface area (Å²) in [7, 11) is -2.09. The molecule has 224 valence electrons. The Bertz CT molecular complexity index is 1360. The molecule has 3 N–H and O–H groups in total. The smallest absolute Gasteiger partial charge is 0.252 e. The van der Waals surface area contributed by atoms with Gasteiger partial charge in [0.15, 0.2) is 0 Å². The molecule has 1 unspecified atom stereocenters. The van der Waals surface area contributed by atoms with Crippen molar-refractivity contribution in [1.82, 2.24) is 4.72 Å². The topological polar surface area (TPSA) is 143 Å². The summed E-state index contributed by atoms with van der Waals surface area (Å²) in [5.74, 6) is 1.43. The Morgan fingerprint density at radius 1 is 1.15 bits per heavy atom. The Morgan fingerprint density at radius 3 is 2.44 bits per heavy atom. The largest absolute Gasteiger partial charge is 0.495 e. The molecule has 41 heavy (non-hydrogen) atoms. The van der Waals surface area contributed by atoms with Gasteiger partial charge in [-0.2, -0.15) is 0 Å². The van der Waals surface area contributed by atoms with Crippen LogP contribution in [0.5, 0.6) is 23.0 Å². The highest BCUT2D eigenvalue weighted by molar-refractivity contribution is 7.89. The maximum Gasteiger partial charge on any atom is 0.252 e. The number of hydrogen-bond donors (Lipinski definition) is 2. The minimum atomic E-state index is -3.58. The fourth-order valence-corrected chi connectivity index (χ4v) is 5.37. The second-order valence-corrected chi connectivity index (χ2v) is 11.7. The van der Waals surface area contributed by atoms with Gasteiger partial charge in [0, 0.05) is 24.0 Å². The van der Waals surface area contributed by atoms with Gasteiger partial charge in [-0.3, -0.25) is 14.3 Å². The average molecular weight is 589 g/mol. The number of ether oxygens (including phenoxy) is 4. The Balaban J connectivity index is 1.62. The van der Waals surface area contributed by atoms with Gasteiger partial charge in [-0.1, -0.05) is 25.5 Å². The van der Waals surface area contributed by atoms with Crippen molar-refractivity contribution < 1.29 is 37.0 Å². The molecule has 10 nitrogen and oxygen atoms in total. The lowest BCUT2D eigenvalue weighted by atomic mass is 9.95. The predicted molar refractivity (Wildman–Crippen MR) is 156 cm³/mol. The number of benzene rings is 2. The van der Waals surface area contributed by atoms with E-state index >= 15 is 0 Å². The van der Waals surface area contributed by atoms with Gasteiger partial charge >= 0.3 is 0 Å². The van der Waals surface area contributed by atoms with Crippen LogP contribution in [-0.2, 0) is 34.1 Å². The van der Waals surface area contributed by atoms with Gasteiger partial charge in [-0.05, 0) is 55.9 Å². The summed E-state index contributed by atoms with van der Waals surface area (Å²) in [4.78, 5) is 23.7. The molecular formula is C30H40N2O8S. The second-order valence-electron chi connectivity index (χ2n) is 9.93. The summed E-state index contributed by atoms with van der Waals surface area (Å²) < 4.78 is 48.5. The molecule has 2 aromatic carbocycles. The number of nitrogens with one attached hydrogen (secondary N) is 1. The van der Waals surface area contributed by atoms with E-state index in [-0.39, 0.29) is 18.1 Å². The molecule has 2 amide bonds. The standard InChI is InChI=1S/C30H40N2O8S/c1-5-8-22-25(15-11-20-10-12-21(40-28(20)22)13-17-27(33)32-41(4,35)36)38-18-7-19-39-26-16-14-24(30(31)34)29(37-3)23(26)9-6-2/h6,11,14-16,21H,2,5,7-10,12-13,17-19H2,1,3-4H3,(H2,31,34)(H,32,33). The molecule has 1 heterocycles. The van der Waals surface area contributed by atoms with Crippen LogP contribution in [0.3, 0.4) is 0 Å². The van der Waals surface area contributed by atoms with E-state index in [1.165, 1.54) is 7.11 Å². The van der Waals surface area contributed by atoms with E-state index in [1.807, 2.05) is 16.9 Å². The SMILES string of the molecule is C=CCc1c(OCCCOc2ccc3c(c2CCC)OC(CCC(=O)NS(C)(=O)=O)CC3)ccc(C(N)=O)c1OC. The van der Waals surface area contributed by atoms with Crippen LogP contribution in [-0.4, -0.2) is 52.9 Å². The number of amides is 2. The van der Waals surface area contributed by atoms with E-state index in [0.717, 1.165) is 54.6 Å². The van der Waals surface area contributed by atoms with Gasteiger partial charge in [-0.25, -0.2) is 8.42 Å². The van der Waals surface area contributed by atoms with Crippen molar-refractivity contribution in [3.8, 4) is 23.0 Å². The maximum absolute atomic E-state index is 12.0. The van der Waals surface area contributed by atoms with E-state index in [9.17, 15) is 18.0 Å². The molecule has 0 aliphatic carbocycles. The summed E-state index contributed by atoms with van der Waals surface area (Å²) in [5, 5.41) is 0. The van der Waals surface area contributed by atoms with Gasteiger partial charge in [0.05, 0.1) is 38.2 Å². The highest BCUT2D eigenvalue weighted by atomic mass is 32.2. The van der Waals surface area contributed by atoms with Gasteiger partial charge < -0.3 is 24.7 Å². The van der Waals surface area contributed by atoms with Crippen LogP contribution in [0.25, 0.3) is 0 Å². The lowest BCUT2D eigenvalue weighted by Crippen LogP contribution is -2.31. The summed E-state index contributed by atoms with van der Waals surface area (Å²) in [6.07, 6.45) is 7.27. The first-order chi connectivity index (χ1) is 19.6. The number of hydrogen-bond acceptors (Lipinski definition) is 8. The van der Waals surface area contributed by atoms with Crippen molar-refractivity contribution in [3.63, 3.8) is 0 Å². The van der Waals surface area contributed by atoms with Gasteiger partial charge in [0.1, 0.15) is 23.0 Å². The molecule has 0 aromatic heterocycles. The Hall–Kier alpha value is -3.73. The zero-order valence-corrected chi connectivity index (χ0v) is 24.8. The molecule has 2 aromatic rings. The maximum atomic E-state index is 12.0. The lowest BCUT2D eigenvalue weighted by molar-refractivity contribution is -0.119. The van der Waals surface area contributed by atoms with E-state index in [4.69, 9.17) is 24.7 Å². The van der Waals surface area contributed by atoms with E-state index in [1.54, 1.807) is 18.2 Å². The number of nitrogens with two attached hydrogens (primary N) is 1. The first-order valence-electron chi connectivity index (χ1n) is 13.8. The first kappa shape index (κ1) is 31.8. The van der Waals surface area contributed by atoms with E-state index in [0.29, 0.717) is 49.5 Å². The molecule has 0 saturated carbocycles. The lowest BCUT2D eigenvalue weighted by Gasteiger charge is -2.29. The molecule has 0 spiro atoms. The first-order valence-corrected chi connectivity index (χ1v) is 15.6. The van der Waals surface area contributed by atoms with Crippen LogP contribution in [0.2, 0.25) is 0 Å². The predicted octanol–water partition coefficient (Wildman–Crippen LogP) is 3.87. The van der Waals surface area contributed by atoms with Crippen LogP contribution >= 0.6 is 0 Å². The highest BCUT2D eigenvalue weighted by Gasteiger charge is 2.25. The molecule has 0 bridgehead atoms. The molecule has 11 heteroatoms. The monoisotopic (exact) mass is 588 g/mol. The van der Waals surface area contributed by atoms with Crippen molar-refractivity contribution >= 4 is 21.8 Å². The van der Waals surface area contributed by atoms with Crippen LogP contribution in [0.1, 0.15) is 66.1 Å². The fourth-order valence-electron chi connectivity index (χ4n) is 4.85. The quantitative estimate of drug-likeness (QED) is 0.222. The normalized spacial score (nSPS) is 14.4. The third kappa shape index (κ3) is 8.88. The summed E-state index contributed by atoms with van der Waals surface area (Å²) in [5.41, 5.74) is 8.58. The summed E-state index contributed by atoms with van der Waals surface area (Å²) in [6.45, 7) is 6.67. The molecule has 0 fully saturated rings. The second kappa shape index (κ2) is 14.8. The van der Waals surface area contributed by atoms with Crippen LogP contribution in [0, 0.1) is 0 Å². The summed E-state index contributed by atoms with van der Waals surface area (Å²) >= 11 is 0. The van der Waals surface area contributed by atoms with Crippen molar-refractivity contribution in [2.24, 2.45) is 5.73 Å². The Kier molecular flexibility index (Phi) is 11.5. The molecular weight excluding hydrogens is 548 g/mol. The highest BCUT2D eigenvalue weighted by Crippen LogP contribution is 2.39. The van der Waals surface area contributed by atoms with Gasteiger partial charge in [-0.15, -0.1) is 6.58 Å². The molecule has 1 atom stereocenters. The third-order valence-electron chi connectivity index (χ3n) is 6.65. The number of methoxy groups -OCH3 is 1. The van der Waals surface area contributed by atoms with Gasteiger partial charge in [0.25, 0.3) is 5.91 Å². The zero-order chi connectivity index (χ0) is 30.0. The van der Waals surface area contributed by atoms with E-state index < -0.39 is 21.8 Å². The number of carbonyl (C=O) groups excluding carboxylic acids is 2. The molecule has 0 radical (unpaired) electrons. The fraction of sp³-hybridized carbons (Fsp3) is 0.467. The number of rotatable bonds is 16. The number of fused-ring (bicyclic) bond motifs is 1. The number of primary amides is 1. The molecule has 1 aliphatic rings. The molecule has 0 saturated heterocycles. The number of sulfonamides is 1. The van der Waals surface area contributed by atoms with Crippen molar-refractivity contribution in [1.29, 1.82) is 0 Å². The van der Waals surface area contributed by atoms with Crippen molar-refractivity contribution in [2.75, 3.05) is 26.6 Å². The van der Waals surface area contributed by atoms with Gasteiger partial charge in [0.2, 0.25) is 15.9 Å². The third-order valence-corrected chi connectivity index (χ3v) is 7.25. The summed E-state index contributed by atoms with van der Waals surface area (Å²) in [6, 6.07) is 7.30. The van der Waals surface area contributed by atoms with Crippen LogP contribution < -0.4 is 29.4 Å². The minimum Gasteiger partial charge on any atom is -0.495 e. The number of aryl methyl sites for hydroxylation is 1. The average Bonchev–Trinajstić information content (AvgIpc) is 2.92. The Morgan fingerprint density at radius 2 is 1.83 bits per heavy atom. The van der Waals surface area contributed by atoms with Crippen molar-refractivity contribution in [3.05, 3.63) is 59.2 Å². The zero-order valence-electron chi connectivity index (χ0n) is 24.0. The molecule has 1 aliphatic heterocycles. The van der Waals surface area contributed by atoms with Crippen LogP contribution in [0.15, 0.2) is 36.9 Å². The van der Waals surface area contributed by atoms with Crippen LogP contribution in [0.4, 0.5) is 0 Å². The number of carbonyl (C=O) groups is 2.